The number of rotatable bonds is 12. The molecule has 116 heavy (non-hydrogen) atoms. The third kappa shape index (κ3) is 11.4. The molecule has 5 heterocycles. The van der Waals surface area contributed by atoms with Gasteiger partial charge in [0, 0.05) is 60.8 Å². The minimum atomic E-state index is 0.323. The van der Waals surface area contributed by atoms with Gasteiger partial charge in [-0.1, -0.05) is 182 Å². The summed E-state index contributed by atoms with van der Waals surface area (Å²) in [4.78, 5) is 4.72. The molecule has 0 aliphatic heterocycles. The van der Waals surface area contributed by atoms with Crippen molar-refractivity contribution in [3.05, 3.63) is 424 Å². The van der Waals surface area contributed by atoms with E-state index in [4.69, 9.17) is 8.83 Å². The smallest absolute Gasteiger partial charge is 0.0541 e. The van der Waals surface area contributed by atoms with Crippen LogP contribution >= 0.6 is 0 Å². The number of benzene rings is 18. The largest absolute Gasteiger partial charge is 0.0602 e. The summed E-state index contributed by atoms with van der Waals surface area (Å²) in [6, 6.07) is 150. The zero-order chi connectivity index (χ0) is 76.3. The molecule has 0 radical (unpaired) electrons. The van der Waals surface area contributed by atoms with Gasteiger partial charge in [0.2, 0.25) is 0 Å². The molecular weight excluding hydrogens is 1480 g/mol. The van der Waals surface area contributed by atoms with E-state index in [0.717, 1.165) is 84.4 Å². The first-order chi connectivity index (χ1) is 57.5. The average molecular weight is 1550 g/mol. The van der Waals surface area contributed by atoms with Crippen LogP contribution in [-0.4, -0.2) is 23.6 Å². The Labute approximate surface area is 675 Å². The third-order valence-electron chi connectivity index (χ3n) is 23.6. The fraction of sp³-hybridized carbons (Fsp3) is 0.00917. The van der Waals surface area contributed by atoms with Crippen molar-refractivity contribution >= 4 is 155 Å². The Morgan fingerprint density at radius 2 is 0.638 bits per heavy atom. The van der Waals surface area contributed by atoms with Gasteiger partial charge in [0.15, 0.2) is 0 Å². The Bertz CT molecular complexity index is 7780. The van der Waals surface area contributed by atoms with E-state index in [-0.39, 0.29) is 0 Å². The van der Waals surface area contributed by atoms with Crippen LogP contribution in [0.3, 0.4) is 0 Å². The molecule has 7 heteroatoms. The number of nitrogens with zero attached hydrogens (tertiary/aromatic N) is 4. The maximum absolute atomic E-state index is 6.40. The van der Waals surface area contributed by atoms with Crippen molar-refractivity contribution in [2.75, 3.05) is 9.80 Å². The van der Waals surface area contributed by atoms with Crippen LogP contribution in [0.1, 0.15) is 11.1 Å². The molecule has 0 fully saturated rings. The number of furan rings is 2. The Hall–Kier alpha value is -14.7. The van der Waals surface area contributed by atoms with Crippen molar-refractivity contribution in [3.8, 4) is 67.0 Å². The molecule has 0 saturated heterocycles. The minimum absolute atomic E-state index is 0.323. The molecule has 0 saturated carbocycles. The fourth-order valence-electron chi connectivity index (χ4n) is 18.1. The second kappa shape index (κ2) is 27.6. The molecule has 0 spiro atoms. The summed E-state index contributed by atoms with van der Waals surface area (Å²) in [5, 5.41) is 12.2. The summed E-state index contributed by atoms with van der Waals surface area (Å²) in [5.74, 6) is 0. The van der Waals surface area contributed by atoms with Gasteiger partial charge in [-0.15, -0.1) is 0 Å². The number of aromatic nitrogens is 2. The Morgan fingerprint density at radius 3 is 1.25 bits per heavy atom. The number of hydrogen-bond acceptors (Lipinski definition) is 4. The average Bonchev–Trinajstić information content (AvgIpc) is 1.59. The molecule has 0 amide bonds. The van der Waals surface area contributed by atoms with Crippen molar-refractivity contribution in [2.45, 2.75) is 6.42 Å². The topological polar surface area (TPSA) is 42.6 Å². The SMILES string of the molecule is c1ccc(-n2c3ccccc3c3cc(-c4ccc(N(c5ccc(-c6ccc7c(c6)Cc6ccccc6-7)cc5)c5ccc6oc7ccccc7c6c5)cc4)ccc32)cc1.c1ccc(-n2c3ccccc3c3cc(-c4ccc(N(c5ccc(-c6ccc7c(c6)[se]c6ccccc67)cc5)c5cccc6oc7ccccc7c56)cc4)ccc32)cc1. The van der Waals surface area contributed by atoms with Gasteiger partial charge in [0.1, 0.15) is 11.2 Å². The predicted octanol–water partition coefficient (Wildman–Crippen LogP) is 29.9. The van der Waals surface area contributed by atoms with Crippen LogP contribution in [-0.2, 0) is 6.42 Å². The van der Waals surface area contributed by atoms with Crippen molar-refractivity contribution < 1.29 is 8.83 Å². The van der Waals surface area contributed by atoms with Gasteiger partial charge in [0.05, 0.1) is 22.1 Å². The maximum Gasteiger partial charge on any atom is 0.0541 e. The molecular formula is C109H70N4O2Se. The van der Waals surface area contributed by atoms with E-state index < -0.39 is 0 Å². The Morgan fingerprint density at radius 1 is 0.224 bits per heavy atom. The van der Waals surface area contributed by atoms with Crippen LogP contribution in [0.4, 0.5) is 34.1 Å². The summed E-state index contributed by atoms with van der Waals surface area (Å²) in [5.41, 5.74) is 32.3. The van der Waals surface area contributed by atoms with Crippen LogP contribution in [0.15, 0.2) is 421 Å². The summed E-state index contributed by atoms with van der Waals surface area (Å²) >= 11 is 0.323. The van der Waals surface area contributed by atoms with Crippen LogP contribution in [0.2, 0.25) is 0 Å². The fourth-order valence-corrected chi connectivity index (χ4v) is 20.5. The van der Waals surface area contributed by atoms with Gasteiger partial charge in [-0.3, -0.25) is 0 Å². The first kappa shape index (κ1) is 67.0. The molecule has 0 N–H and O–H groups in total. The zero-order valence-electron chi connectivity index (χ0n) is 63.0. The van der Waals surface area contributed by atoms with Gasteiger partial charge < -0.3 is 18.5 Å². The second-order valence-electron chi connectivity index (χ2n) is 30.2. The Balaban J connectivity index is 0.000000137. The normalized spacial score (nSPS) is 11.9. The van der Waals surface area contributed by atoms with E-state index >= 15 is 0 Å². The summed E-state index contributed by atoms with van der Waals surface area (Å²) in [6.45, 7) is 0. The molecule has 5 aromatic heterocycles. The molecule has 24 rings (SSSR count). The number of fused-ring (bicyclic) bond motifs is 18. The standard InChI is InChI=1S/C55H36N2O.C54H34N2OSe/c1-2-11-42(12-3-1)57-52-16-8-6-14-48(52)50-34-39(23-30-53(50)57)37-20-26-44(27-21-37)56(45-28-31-55-51(35-45)49-15-7-9-17-54(49)58-55)43-24-18-36(19-25-43)38-22-29-47-41(32-38)33-40-10-4-5-13-46(40)47;1-2-11-39(12-3-1)56-47-16-7-4-13-42(47)46-33-37(26-32-48(46)56)35-21-27-40(28-22-35)55(49-17-10-19-51-54(49)45-15-5-8-18-50(45)57-51)41-29-23-36(24-30-41)38-25-31-44-43-14-6-9-20-52(43)58-53(44)34-38/h1-32,34-35H,33H2;1-34H. The summed E-state index contributed by atoms with van der Waals surface area (Å²) in [6.07, 6.45) is 0.983. The summed E-state index contributed by atoms with van der Waals surface area (Å²) in [7, 11) is 0. The molecule has 1 aliphatic carbocycles. The van der Waals surface area contributed by atoms with Crippen LogP contribution < -0.4 is 9.80 Å². The van der Waals surface area contributed by atoms with Gasteiger partial charge >= 0.3 is 214 Å². The van der Waals surface area contributed by atoms with E-state index in [9.17, 15) is 0 Å². The quantitative estimate of drug-likeness (QED) is 0.114. The predicted molar refractivity (Wildman–Crippen MR) is 487 cm³/mol. The van der Waals surface area contributed by atoms with Gasteiger partial charge in [0.25, 0.3) is 0 Å². The maximum atomic E-state index is 6.40. The van der Waals surface area contributed by atoms with Crippen molar-refractivity contribution in [2.24, 2.45) is 0 Å². The van der Waals surface area contributed by atoms with E-state index in [0.29, 0.717) is 14.5 Å². The van der Waals surface area contributed by atoms with Crippen LogP contribution in [0.25, 0.3) is 174 Å². The van der Waals surface area contributed by atoms with E-state index in [1.54, 1.807) is 0 Å². The molecule has 544 valence electrons. The molecule has 0 atom stereocenters. The number of hydrogen-bond donors (Lipinski definition) is 0. The van der Waals surface area contributed by atoms with Gasteiger partial charge in [-0.25, -0.2) is 0 Å². The zero-order valence-corrected chi connectivity index (χ0v) is 64.7. The van der Waals surface area contributed by atoms with Crippen LogP contribution in [0.5, 0.6) is 0 Å². The Kier molecular flexibility index (Phi) is 15.9. The summed E-state index contributed by atoms with van der Waals surface area (Å²) < 4.78 is 20.3. The molecule has 23 aromatic rings. The van der Waals surface area contributed by atoms with E-state index in [1.165, 1.54) is 141 Å². The van der Waals surface area contributed by atoms with Crippen LogP contribution in [0, 0.1) is 0 Å². The van der Waals surface area contributed by atoms with Crippen molar-refractivity contribution in [3.63, 3.8) is 0 Å². The second-order valence-corrected chi connectivity index (χ2v) is 32.5. The number of anilines is 6. The number of para-hydroxylation sites is 6. The third-order valence-corrected chi connectivity index (χ3v) is 26.0. The first-order valence-electron chi connectivity index (χ1n) is 39.6. The van der Waals surface area contributed by atoms with Crippen molar-refractivity contribution in [1.82, 2.24) is 9.13 Å². The van der Waals surface area contributed by atoms with Gasteiger partial charge in [-0.05, 0) is 172 Å². The first-order valence-corrected chi connectivity index (χ1v) is 41.3. The monoisotopic (exact) mass is 1550 g/mol. The molecule has 1 aliphatic rings. The molecule has 0 unspecified atom stereocenters. The van der Waals surface area contributed by atoms with E-state index in [1.807, 2.05) is 18.2 Å². The van der Waals surface area contributed by atoms with Crippen molar-refractivity contribution in [1.29, 1.82) is 0 Å². The molecule has 6 nitrogen and oxygen atoms in total. The minimum Gasteiger partial charge on any atom is -0.0602 e. The van der Waals surface area contributed by atoms with Gasteiger partial charge in [-0.2, -0.15) is 0 Å². The molecule has 18 aromatic carbocycles. The molecule has 0 bridgehead atoms. The van der Waals surface area contributed by atoms with E-state index in [2.05, 4.69) is 413 Å².